The minimum Gasteiger partial charge on any atom is -0.455 e. The van der Waals surface area contributed by atoms with Gasteiger partial charge >= 0.3 is 0 Å². The molecule has 2 aromatic carbocycles. The number of fused-ring (bicyclic) bond motifs is 2. The van der Waals surface area contributed by atoms with E-state index < -0.39 is 9.84 Å². The van der Waals surface area contributed by atoms with Crippen molar-refractivity contribution < 1.29 is 13.2 Å². The van der Waals surface area contributed by atoms with Gasteiger partial charge in [0.25, 0.3) is 0 Å². The first-order chi connectivity index (χ1) is 9.13. The Labute approximate surface area is 112 Å². The third-order valence-electron chi connectivity index (χ3n) is 3.04. The lowest BCUT2D eigenvalue weighted by Gasteiger charge is -2.20. The summed E-state index contributed by atoms with van der Waals surface area (Å²) < 4.78 is 30.7. The predicted octanol–water partition coefficient (Wildman–Crippen LogP) is 3.35. The van der Waals surface area contributed by atoms with E-state index in [1.54, 1.807) is 42.5 Å². The molecule has 0 atom stereocenters. The monoisotopic (exact) mass is 272 g/mol. The molecule has 3 nitrogen and oxygen atoms in total. The van der Waals surface area contributed by atoms with Crippen LogP contribution in [0.4, 0.5) is 0 Å². The molecule has 0 saturated heterocycles. The van der Waals surface area contributed by atoms with Crippen LogP contribution < -0.4 is 4.74 Å². The second-order valence-electron chi connectivity index (χ2n) is 4.33. The maximum Gasteiger partial charge on any atom is 0.213 e. The first-order valence-corrected chi connectivity index (χ1v) is 7.37. The van der Waals surface area contributed by atoms with Gasteiger partial charge in [0, 0.05) is 0 Å². The van der Waals surface area contributed by atoms with Gasteiger partial charge in [0.15, 0.2) is 0 Å². The van der Waals surface area contributed by atoms with Crippen LogP contribution in [0.5, 0.6) is 11.5 Å². The molecule has 0 radical (unpaired) electrons. The number of para-hydroxylation sites is 1. The Balaban J connectivity index is 2.23. The summed E-state index contributed by atoms with van der Waals surface area (Å²) >= 11 is 0. The maximum atomic E-state index is 12.5. The van der Waals surface area contributed by atoms with Crippen molar-refractivity contribution in [3.63, 3.8) is 0 Å². The summed E-state index contributed by atoms with van der Waals surface area (Å²) in [6, 6.07) is 11.9. The molecule has 0 saturated carbocycles. The lowest BCUT2D eigenvalue weighted by atomic mass is 10.1. The molecule has 1 heterocycles. The van der Waals surface area contributed by atoms with Crippen LogP contribution in [-0.2, 0) is 16.3 Å². The van der Waals surface area contributed by atoms with E-state index in [2.05, 4.69) is 6.58 Å². The molecule has 19 heavy (non-hydrogen) atoms. The van der Waals surface area contributed by atoms with Crippen LogP contribution in [0.15, 0.2) is 64.9 Å². The zero-order valence-electron chi connectivity index (χ0n) is 10.2. The number of sulfone groups is 1. The smallest absolute Gasteiger partial charge is 0.213 e. The molecule has 96 valence electrons. The summed E-state index contributed by atoms with van der Waals surface area (Å²) in [7, 11) is -3.50. The van der Waals surface area contributed by atoms with Crippen molar-refractivity contribution in [2.75, 3.05) is 0 Å². The second-order valence-corrected chi connectivity index (χ2v) is 6.21. The molecule has 0 spiro atoms. The fourth-order valence-corrected chi connectivity index (χ4v) is 3.68. The van der Waals surface area contributed by atoms with Crippen LogP contribution in [0, 0.1) is 0 Å². The normalized spacial score (nSPS) is 14.9. The van der Waals surface area contributed by atoms with Gasteiger partial charge in [0.1, 0.15) is 21.3 Å². The molecule has 0 amide bonds. The Morgan fingerprint density at radius 2 is 1.79 bits per heavy atom. The van der Waals surface area contributed by atoms with Crippen molar-refractivity contribution in [1.29, 1.82) is 0 Å². The zero-order valence-corrected chi connectivity index (χ0v) is 11.0. The van der Waals surface area contributed by atoms with E-state index in [1.807, 2.05) is 6.07 Å². The Kier molecular flexibility index (Phi) is 2.68. The van der Waals surface area contributed by atoms with Crippen molar-refractivity contribution in [3.8, 4) is 11.5 Å². The molecule has 1 aliphatic rings. The van der Waals surface area contributed by atoms with Gasteiger partial charge in [-0.1, -0.05) is 24.3 Å². The quantitative estimate of drug-likeness (QED) is 0.672. The van der Waals surface area contributed by atoms with E-state index in [9.17, 15) is 8.42 Å². The Morgan fingerprint density at radius 1 is 1.05 bits per heavy atom. The minimum atomic E-state index is -3.50. The van der Waals surface area contributed by atoms with Gasteiger partial charge in [-0.15, -0.1) is 6.58 Å². The van der Waals surface area contributed by atoms with E-state index in [0.717, 1.165) is 5.56 Å². The Bertz CT molecular complexity index is 761. The SMILES string of the molecule is C=CCc1ccc2c(c1)S(=O)(=O)c1ccccc1O2. The first-order valence-electron chi connectivity index (χ1n) is 5.89. The van der Waals surface area contributed by atoms with E-state index >= 15 is 0 Å². The summed E-state index contributed by atoms with van der Waals surface area (Å²) in [6.07, 6.45) is 2.37. The van der Waals surface area contributed by atoms with Crippen LogP contribution in [0.2, 0.25) is 0 Å². The van der Waals surface area contributed by atoms with Crippen LogP contribution in [0.1, 0.15) is 5.56 Å². The summed E-state index contributed by atoms with van der Waals surface area (Å²) in [5.41, 5.74) is 0.903. The molecule has 0 unspecified atom stereocenters. The summed E-state index contributed by atoms with van der Waals surface area (Å²) in [5.74, 6) is 0.762. The minimum absolute atomic E-state index is 0.221. The fourth-order valence-electron chi connectivity index (χ4n) is 2.13. The van der Waals surface area contributed by atoms with Crippen LogP contribution >= 0.6 is 0 Å². The van der Waals surface area contributed by atoms with E-state index in [-0.39, 0.29) is 9.79 Å². The fraction of sp³-hybridized carbons (Fsp3) is 0.0667. The highest BCUT2D eigenvalue weighted by atomic mass is 32.2. The molecule has 1 aliphatic heterocycles. The number of benzene rings is 2. The molecular formula is C15H12O3S. The average molecular weight is 272 g/mol. The highest BCUT2D eigenvalue weighted by Crippen LogP contribution is 2.42. The summed E-state index contributed by atoms with van der Waals surface area (Å²) in [5, 5.41) is 0. The van der Waals surface area contributed by atoms with Gasteiger partial charge in [0.2, 0.25) is 9.84 Å². The van der Waals surface area contributed by atoms with Gasteiger partial charge in [-0.2, -0.15) is 0 Å². The van der Waals surface area contributed by atoms with E-state index in [1.165, 1.54) is 0 Å². The number of hydrogen-bond donors (Lipinski definition) is 0. The van der Waals surface area contributed by atoms with Gasteiger partial charge in [0.05, 0.1) is 0 Å². The molecule has 0 N–H and O–H groups in total. The van der Waals surface area contributed by atoms with Crippen LogP contribution in [0.3, 0.4) is 0 Å². The highest BCUT2D eigenvalue weighted by Gasteiger charge is 2.30. The summed E-state index contributed by atoms with van der Waals surface area (Å²) in [6.45, 7) is 3.66. The second kappa shape index (κ2) is 4.24. The molecule has 0 fully saturated rings. The summed E-state index contributed by atoms with van der Waals surface area (Å²) in [4.78, 5) is 0.448. The molecular weight excluding hydrogens is 260 g/mol. The Morgan fingerprint density at radius 3 is 2.58 bits per heavy atom. The van der Waals surface area contributed by atoms with Gasteiger partial charge in [-0.25, -0.2) is 8.42 Å². The lowest BCUT2D eigenvalue weighted by Crippen LogP contribution is -2.11. The highest BCUT2D eigenvalue weighted by molar-refractivity contribution is 7.91. The molecule has 0 aromatic heterocycles. The molecule has 0 aliphatic carbocycles. The zero-order chi connectivity index (χ0) is 13.5. The Hall–Kier alpha value is -2.07. The topological polar surface area (TPSA) is 43.4 Å². The molecule has 2 aromatic rings. The van der Waals surface area contributed by atoms with Crippen LogP contribution in [-0.4, -0.2) is 8.42 Å². The van der Waals surface area contributed by atoms with Crippen LogP contribution in [0.25, 0.3) is 0 Å². The number of allylic oxidation sites excluding steroid dienone is 1. The van der Waals surface area contributed by atoms with Crippen molar-refractivity contribution in [2.24, 2.45) is 0 Å². The van der Waals surface area contributed by atoms with Crippen molar-refractivity contribution in [1.82, 2.24) is 0 Å². The average Bonchev–Trinajstić information content (AvgIpc) is 2.40. The standard InChI is InChI=1S/C15H12O3S/c1-2-5-11-8-9-13-15(10-11)19(16,17)14-7-4-3-6-12(14)18-13/h2-4,6-10H,1,5H2. The molecule has 0 bridgehead atoms. The van der Waals surface area contributed by atoms with Gasteiger partial charge in [-0.05, 0) is 36.2 Å². The molecule has 4 heteroatoms. The van der Waals surface area contributed by atoms with Gasteiger partial charge in [-0.3, -0.25) is 0 Å². The first kappa shape index (κ1) is 12.0. The predicted molar refractivity (Wildman–Crippen MR) is 72.3 cm³/mol. The largest absolute Gasteiger partial charge is 0.455 e. The number of rotatable bonds is 2. The number of hydrogen-bond acceptors (Lipinski definition) is 3. The van der Waals surface area contributed by atoms with Crippen molar-refractivity contribution in [2.45, 2.75) is 16.2 Å². The third kappa shape index (κ3) is 1.85. The number of ether oxygens (including phenoxy) is 1. The van der Waals surface area contributed by atoms with Crippen molar-refractivity contribution in [3.05, 3.63) is 60.7 Å². The maximum absolute atomic E-state index is 12.5. The van der Waals surface area contributed by atoms with Crippen molar-refractivity contribution >= 4 is 9.84 Å². The lowest BCUT2D eigenvalue weighted by molar-refractivity contribution is 0.442. The third-order valence-corrected chi connectivity index (χ3v) is 4.85. The van der Waals surface area contributed by atoms with E-state index in [0.29, 0.717) is 17.9 Å². The van der Waals surface area contributed by atoms with Gasteiger partial charge < -0.3 is 4.74 Å². The van der Waals surface area contributed by atoms with E-state index in [4.69, 9.17) is 4.74 Å². The molecule has 3 rings (SSSR count).